The van der Waals surface area contributed by atoms with Crippen molar-refractivity contribution in [3.8, 4) is 22.6 Å². The third kappa shape index (κ3) is 2.83. The van der Waals surface area contributed by atoms with Crippen LogP contribution in [-0.2, 0) is 0 Å². The molecule has 4 heteroatoms. The van der Waals surface area contributed by atoms with E-state index in [9.17, 15) is 0 Å². The molecule has 0 amide bonds. The molecule has 0 spiro atoms. The molecule has 0 saturated carbocycles. The number of fused-ring (bicyclic) bond motifs is 6. The Balaban J connectivity index is 1.67. The number of benzene rings is 4. The van der Waals surface area contributed by atoms with Gasteiger partial charge >= 0.3 is 0 Å². The maximum absolute atomic E-state index is 6.37. The Morgan fingerprint density at radius 3 is 1.27 bits per heavy atom. The largest absolute Gasteiger partial charge is 0.452 e. The highest BCUT2D eigenvalue weighted by Gasteiger charge is 2.18. The minimum atomic E-state index is 0.782. The molecule has 0 bridgehead atoms. The van der Waals surface area contributed by atoms with Crippen LogP contribution in [0.3, 0.4) is 0 Å². The first-order valence-electron chi connectivity index (χ1n) is 9.57. The Hall–Kier alpha value is -2.82. The van der Waals surface area contributed by atoms with Gasteiger partial charge in [0.15, 0.2) is 11.2 Å². The zero-order chi connectivity index (χ0) is 20.2. The van der Waals surface area contributed by atoms with Crippen LogP contribution in [0.4, 0.5) is 0 Å². The zero-order valence-electron chi connectivity index (χ0n) is 15.7. The number of halogens is 2. The molecule has 2 heterocycles. The summed E-state index contributed by atoms with van der Waals surface area (Å²) < 4.78 is 14.8. The average Bonchev–Trinajstić information content (AvgIpc) is 3.40. The van der Waals surface area contributed by atoms with E-state index in [0.29, 0.717) is 0 Å². The normalized spacial score (nSPS) is 11.7. The Morgan fingerprint density at radius 2 is 0.867 bits per heavy atom. The lowest BCUT2D eigenvalue weighted by Crippen LogP contribution is -1.75. The fourth-order valence-corrected chi connectivity index (χ4v) is 4.51. The van der Waals surface area contributed by atoms with Crippen molar-refractivity contribution in [1.82, 2.24) is 0 Å². The number of hydrogen-bond donors (Lipinski definition) is 0. The van der Waals surface area contributed by atoms with Gasteiger partial charge in [0.2, 0.25) is 0 Å². The molecule has 0 N–H and O–H groups in total. The van der Waals surface area contributed by atoms with Crippen LogP contribution in [0.15, 0.2) is 103 Å². The molecule has 0 radical (unpaired) electrons. The van der Waals surface area contributed by atoms with Crippen molar-refractivity contribution >= 4 is 64.6 Å². The van der Waals surface area contributed by atoms with Crippen molar-refractivity contribution in [2.45, 2.75) is 0 Å². The zero-order valence-corrected chi connectivity index (χ0v) is 18.8. The monoisotopic (exact) mass is 516 g/mol. The first-order valence-corrected chi connectivity index (χ1v) is 11.2. The fourth-order valence-electron chi connectivity index (χ4n) is 3.99. The number of rotatable bonds is 2. The molecule has 0 aliphatic rings. The third-order valence-corrected chi connectivity index (χ3v) is 6.49. The predicted octanol–water partition coefficient (Wildman–Crippen LogP) is 9.19. The topological polar surface area (TPSA) is 26.3 Å². The smallest absolute Gasteiger partial charge is 0.178 e. The highest BCUT2D eigenvalue weighted by atomic mass is 79.9. The predicted molar refractivity (Wildman–Crippen MR) is 130 cm³/mol. The van der Waals surface area contributed by atoms with Crippen LogP contribution in [0.2, 0.25) is 0 Å². The summed E-state index contributed by atoms with van der Waals surface area (Å²) in [6.07, 6.45) is 0. The van der Waals surface area contributed by atoms with Crippen LogP contribution in [0.25, 0.3) is 55.4 Å². The second-order valence-corrected chi connectivity index (χ2v) is 9.10. The van der Waals surface area contributed by atoms with Crippen LogP contribution in [0, 0.1) is 0 Å². The minimum Gasteiger partial charge on any atom is -0.452 e. The number of furan rings is 2. The van der Waals surface area contributed by atoms with E-state index in [1.165, 1.54) is 0 Å². The van der Waals surface area contributed by atoms with E-state index in [1.54, 1.807) is 0 Å². The molecule has 0 aliphatic heterocycles. The van der Waals surface area contributed by atoms with Gasteiger partial charge in [0.05, 0.1) is 0 Å². The van der Waals surface area contributed by atoms with E-state index in [0.717, 1.165) is 64.3 Å². The highest BCUT2D eigenvalue weighted by molar-refractivity contribution is 9.10. The maximum atomic E-state index is 6.37. The van der Waals surface area contributed by atoms with Crippen LogP contribution in [-0.4, -0.2) is 0 Å². The van der Waals surface area contributed by atoms with Crippen molar-refractivity contribution in [3.05, 3.63) is 93.9 Å². The van der Waals surface area contributed by atoms with Crippen molar-refractivity contribution in [2.24, 2.45) is 0 Å². The fraction of sp³-hybridized carbons (Fsp3) is 0. The van der Waals surface area contributed by atoms with Crippen LogP contribution in [0.5, 0.6) is 0 Å². The van der Waals surface area contributed by atoms with E-state index >= 15 is 0 Å². The molecule has 0 unspecified atom stereocenters. The van der Waals surface area contributed by atoms with Crippen LogP contribution >= 0.6 is 31.9 Å². The summed E-state index contributed by atoms with van der Waals surface area (Å²) in [6, 6.07) is 28.9. The summed E-state index contributed by atoms with van der Waals surface area (Å²) in [5.74, 6) is 1.66. The molecule has 0 atom stereocenters. The van der Waals surface area contributed by atoms with Gasteiger partial charge in [-0.05, 0) is 47.2 Å². The SMILES string of the molecule is Brc1ccc(-c2cc3c4ccccc4c4cc(-c5ccc(Br)cc5)oc4c3o2)cc1. The molecule has 144 valence electrons. The van der Waals surface area contributed by atoms with Crippen molar-refractivity contribution < 1.29 is 8.83 Å². The van der Waals surface area contributed by atoms with Gasteiger partial charge in [-0.1, -0.05) is 80.4 Å². The standard InChI is InChI=1S/C26H14Br2O2/c27-17-9-5-15(6-10-17)23-13-21-19-3-1-2-4-20(19)22-14-24(30-26(22)25(21)29-23)16-7-11-18(28)12-8-16/h1-14H. The van der Waals surface area contributed by atoms with E-state index in [2.05, 4.69) is 92.5 Å². The summed E-state index contributed by atoms with van der Waals surface area (Å²) in [6.45, 7) is 0. The summed E-state index contributed by atoms with van der Waals surface area (Å²) in [7, 11) is 0. The molecule has 30 heavy (non-hydrogen) atoms. The quantitative estimate of drug-likeness (QED) is 0.229. The van der Waals surface area contributed by atoms with E-state index in [-0.39, 0.29) is 0 Å². The highest BCUT2D eigenvalue weighted by Crippen LogP contribution is 2.42. The second-order valence-electron chi connectivity index (χ2n) is 7.27. The van der Waals surface area contributed by atoms with Crippen molar-refractivity contribution in [1.29, 1.82) is 0 Å². The second kappa shape index (κ2) is 6.86. The first kappa shape index (κ1) is 18.0. The lowest BCUT2D eigenvalue weighted by Gasteiger charge is -2.00. The Morgan fingerprint density at radius 1 is 0.467 bits per heavy atom. The van der Waals surface area contributed by atoms with Crippen LogP contribution in [0.1, 0.15) is 0 Å². The molecule has 0 fully saturated rings. The molecule has 0 aliphatic carbocycles. The van der Waals surface area contributed by atoms with E-state index < -0.39 is 0 Å². The molecule has 2 nitrogen and oxygen atoms in total. The van der Waals surface area contributed by atoms with Gasteiger partial charge < -0.3 is 8.83 Å². The first-order chi connectivity index (χ1) is 14.7. The lowest BCUT2D eigenvalue weighted by molar-refractivity contribution is 0.598. The van der Waals surface area contributed by atoms with E-state index in [1.807, 2.05) is 24.3 Å². The van der Waals surface area contributed by atoms with Gasteiger partial charge in [0, 0.05) is 30.8 Å². The van der Waals surface area contributed by atoms with Gasteiger partial charge in [-0.25, -0.2) is 0 Å². The minimum absolute atomic E-state index is 0.782. The third-order valence-electron chi connectivity index (χ3n) is 5.44. The summed E-state index contributed by atoms with van der Waals surface area (Å²) >= 11 is 7.00. The molecule has 6 aromatic rings. The van der Waals surface area contributed by atoms with Crippen molar-refractivity contribution in [3.63, 3.8) is 0 Å². The van der Waals surface area contributed by atoms with Crippen molar-refractivity contribution in [2.75, 3.05) is 0 Å². The van der Waals surface area contributed by atoms with Gasteiger partial charge in [-0.2, -0.15) is 0 Å². The molecular weight excluding hydrogens is 504 g/mol. The van der Waals surface area contributed by atoms with E-state index in [4.69, 9.17) is 8.83 Å². The Kier molecular flexibility index (Phi) is 4.12. The van der Waals surface area contributed by atoms with Gasteiger partial charge in [0.25, 0.3) is 0 Å². The molecule has 6 rings (SSSR count). The van der Waals surface area contributed by atoms with Crippen LogP contribution < -0.4 is 0 Å². The van der Waals surface area contributed by atoms with Gasteiger partial charge in [-0.3, -0.25) is 0 Å². The molecule has 4 aromatic carbocycles. The molecule has 0 saturated heterocycles. The molecular formula is C26H14Br2O2. The summed E-state index contributed by atoms with van der Waals surface area (Å²) in [5.41, 5.74) is 3.63. The number of hydrogen-bond acceptors (Lipinski definition) is 2. The summed E-state index contributed by atoms with van der Waals surface area (Å²) in [4.78, 5) is 0. The Bertz CT molecular complexity index is 1420. The average molecular weight is 518 g/mol. The Labute approximate surface area is 189 Å². The molecule has 2 aromatic heterocycles. The summed E-state index contributed by atoms with van der Waals surface area (Å²) in [5, 5.41) is 4.45. The van der Waals surface area contributed by atoms with Gasteiger partial charge in [-0.15, -0.1) is 0 Å². The van der Waals surface area contributed by atoms with Gasteiger partial charge in [0.1, 0.15) is 11.5 Å². The lowest BCUT2D eigenvalue weighted by atomic mass is 10.0. The maximum Gasteiger partial charge on any atom is 0.178 e.